The van der Waals surface area contributed by atoms with Gasteiger partial charge in [-0.25, -0.2) is 9.97 Å². The van der Waals surface area contributed by atoms with Gasteiger partial charge in [-0.2, -0.15) is 0 Å². The van der Waals surface area contributed by atoms with Crippen LogP contribution in [-0.2, 0) is 0 Å². The summed E-state index contributed by atoms with van der Waals surface area (Å²) in [6.07, 6.45) is 1.87. The van der Waals surface area contributed by atoms with Crippen LogP contribution in [0.4, 0.5) is 11.5 Å². The molecule has 7 heteroatoms. The normalized spacial score (nSPS) is 15.2. The van der Waals surface area contributed by atoms with Crippen LogP contribution in [0, 0.1) is 13.8 Å². The van der Waals surface area contributed by atoms with Gasteiger partial charge in [-0.3, -0.25) is 9.88 Å². The molecule has 0 bridgehead atoms. The Labute approximate surface area is 170 Å². The molecule has 1 saturated heterocycles. The van der Waals surface area contributed by atoms with E-state index in [1.165, 1.54) is 10.9 Å². The van der Waals surface area contributed by atoms with Crippen molar-refractivity contribution in [2.75, 3.05) is 49.5 Å². The van der Waals surface area contributed by atoms with Gasteiger partial charge in [-0.1, -0.05) is 12.1 Å². The van der Waals surface area contributed by atoms with Crippen LogP contribution in [-0.4, -0.2) is 59.1 Å². The van der Waals surface area contributed by atoms with Crippen molar-refractivity contribution in [2.45, 2.75) is 13.8 Å². The van der Waals surface area contributed by atoms with Crippen LogP contribution in [0.25, 0.3) is 10.9 Å². The maximum absolute atomic E-state index is 6.00. The predicted octanol–water partition coefficient (Wildman–Crippen LogP) is 3.53. The molecular weight excluding hydrogens is 372 g/mol. The summed E-state index contributed by atoms with van der Waals surface area (Å²) in [7, 11) is 0. The average molecular weight is 397 g/mol. The van der Waals surface area contributed by atoms with Gasteiger partial charge in [0.05, 0.1) is 5.52 Å². The van der Waals surface area contributed by atoms with Crippen molar-refractivity contribution in [3.63, 3.8) is 0 Å². The van der Waals surface area contributed by atoms with Crippen molar-refractivity contribution < 1.29 is 0 Å². The molecule has 6 nitrogen and oxygen atoms in total. The number of piperazine rings is 1. The Bertz CT molecular complexity index is 948. The van der Waals surface area contributed by atoms with E-state index in [0.29, 0.717) is 5.28 Å². The molecule has 1 aromatic carbocycles. The van der Waals surface area contributed by atoms with Gasteiger partial charge in [-0.05, 0) is 43.1 Å². The molecule has 3 heterocycles. The second-order valence-corrected chi connectivity index (χ2v) is 7.61. The Kier molecular flexibility index (Phi) is 5.59. The van der Waals surface area contributed by atoms with Crippen LogP contribution < -0.4 is 10.2 Å². The smallest absolute Gasteiger partial charge is 0.224 e. The summed E-state index contributed by atoms with van der Waals surface area (Å²) in [4.78, 5) is 17.7. The van der Waals surface area contributed by atoms with E-state index in [4.69, 9.17) is 11.6 Å². The van der Waals surface area contributed by atoms with Crippen molar-refractivity contribution in [1.29, 1.82) is 0 Å². The van der Waals surface area contributed by atoms with E-state index in [9.17, 15) is 0 Å². The molecule has 0 aliphatic carbocycles. The van der Waals surface area contributed by atoms with Gasteiger partial charge in [0.1, 0.15) is 5.82 Å². The number of hydrogen-bond donors (Lipinski definition) is 1. The molecule has 146 valence electrons. The van der Waals surface area contributed by atoms with Crippen LogP contribution in [0.2, 0.25) is 5.28 Å². The lowest BCUT2D eigenvalue weighted by molar-refractivity contribution is 0.266. The van der Waals surface area contributed by atoms with Crippen LogP contribution in [0.5, 0.6) is 0 Å². The number of hydrogen-bond acceptors (Lipinski definition) is 6. The minimum atomic E-state index is 0.321. The lowest BCUT2D eigenvalue weighted by Crippen LogP contribution is -2.48. The van der Waals surface area contributed by atoms with Gasteiger partial charge < -0.3 is 10.2 Å². The summed E-state index contributed by atoms with van der Waals surface area (Å²) >= 11 is 6.00. The third-order valence-corrected chi connectivity index (χ3v) is 5.32. The van der Waals surface area contributed by atoms with Gasteiger partial charge >= 0.3 is 0 Å². The third-order valence-electron chi connectivity index (χ3n) is 5.15. The quantitative estimate of drug-likeness (QED) is 0.666. The van der Waals surface area contributed by atoms with Crippen LogP contribution >= 0.6 is 11.6 Å². The highest BCUT2D eigenvalue weighted by Crippen LogP contribution is 2.22. The van der Waals surface area contributed by atoms with Gasteiger partial charge in [-0.15, -0.1) is 0 Å². The highest BCUT2D eigenvalue weighted by Gasteiger charge is 2.18. The molecule has 0 spiro atoms. The SMILES string of the molecule is Cc1ccc2c(NCCN3CCN(c4cc(C)nc(Cl)n4)CC3)ccnc2c1. The molecule has 1 N–H and O–H groups in total. The number of pyridine rings is 1. The van der Waals surface area contributed by atoms with Crippen LogP contribution in [0.3, 0.4) is 0 Å². The van der Waals surface area contributed by atoms with E-state index in [-0.39, 0.29) is 0 Å². The van der Waals surface area contributed by atoms with Gasteiger partial charge in [0.2, 0.25) is 5.28 Å². The highest BCUT2D eigenvalue weighted by atomic mass is 35.5. The van der Waals surface area contributed by atoms with Crippen molar-refractivity contribution in [1.82, 2.24) is 19.9 Å². The average Bonchev–Trinajstić information content (AvgIpc) is 2.67. The van der Waals surface area contributed by atoms with Crippen LogP contribution in [0.1, 0.15) is 11.3 Å². The molecule has 4 rings (SSSR count). The topological polar surface area (TPSA) is 57.2 Å². The van der Waals surface area contributed by atoms with Crippen LogP contribution in [0.15, 0.2) is 36.5 Å². The standard InChI is InChI=1S/C21H25ClN6/c1-15-3-4-17-18(5-6-23-19(17)13-15)24-7-8-27-9-11-28(12-10-27)20-14-16(2)25-21(22)26-20/h3-6,13-14H,7-12H2,1-2H3,(H,23,24). The molecule has 0 unspecified atom stereocenters. The summed E-state index contributed by atoms with van der Waals surface area (Å²) in [5.41, 5.74) is 4.32. The Morgan fingerprint density at radius 1 is 1.04 bits per heavy atom. The highest BCUT2D eigenvalue weighted by molar-refractivity contribution is 6.28. The fourth-order valence-corrected chi connectivity index (χ4v) is 3.86. The predicted molar refractivity (Wildman–Crippen MR) is 115 cm³/mol. The lowest BCUT2D eigenvalue weighted by atomic mass is 10.1. The fourth-order valence-electron chi connectivity index (χ4n) is 3.64. The number of nitrogens with zero attached hydrogens (tertiary/aromatic N) is 5. The molecule has 28 heavy (non-hydrogen) atoms. The van der Waals surface area contributed by atoms with Gasteiger partial charge in [0, 0.05) is 68.3 Å². The minimum Gasteiger partial charge on any atom is -0.383 e. The zero-order chi connectivity index (χ0) is 19.5. The summed E-state index contributed by atoms with van der Waals surface area (Å²) in [5, 5.41) is 5.07. The van der Waals surface area contributed by atoms with Crippen molar-refractivity contribution in [3.8, 4) is 0 Å². The third kappa shape index (κ3) is 4.34. The number of nitrogens with one attached hydrogen (secondary N) is 1. The molecule has 1 aliphatic rings. The molecule has 1 aliphatic heterocycles. The lowest BCUT2D eigenvalue weighted by Gasteiger charge is -2.35. The molecule has 1 fully saturated rings. The number of halogens is 1. The zero-order valence-electron chi connectivity index (χ0n) is 16.3. The number of aromatic nitrogens is 3. The first-order valence-electron chi connectivity index (χ1n) is 9.66. The minimum absolute atomic E-state index is 0.321. The fraction of sp³-hybridized carbons (Fsp3) is 0.381. The molecule has 0 radical (unpaired) electrons. The number of anilines is 2. The summed E-state index contributed by atoms with van der Waals surface area (Å²) in [5.74, 6) is 0.925. The maximum atomic E-state index is 6.00. The Balaban J connectivity index is 1.30. The van der Waals surface area contributed by atoms with Gasteiger partial charge in [0.15, 0.2) is 0 Å². The van der Waals surface area contributed by atoms with E-state index in [0.717, 1.165) is 62.0 Å². The molecule has 0 amide bonds. The van der Waals surface area contributed by atoms with E-state index in [1.54, 1.807) is 0 Å². The molecule has 2 aromatic heterocycles. The first kappa shape index (κ1) is 18.9. The maximum Gasteiger partial charge on any atom is 0.224 e. The van der Waals surface area contributed by atoms with E-state index in [2.05, 4.69) is 61.3 Å². The van der Waals surface area contributed by atoms with E-state index >= 15 is 0 Å². The second-order valence-electron chi connectivity index (χ2n) is 7.27. The van der Waals surface area contributed by atoms with Gasteiger partial charge in [0.25, 0.3) is 0 Å². The zero-order valence-corrected chi connectivity index (χ0v) is 17.1. The molecule has 3 aromatic rings. The Morgan fingerprint density at radius 2 is 1.86 bits per heavy atom. The monoisotopic (exact) mass is 396 g/mol. The molecule has 0 saturated carbocycles. The first-order valence-corrected chi connectivity index (χ1v) is 10.0. The number of rotatable bonds is 5. The largest absolute Gasteiger partial charge is 0.383 e. The first-order chi connectivity index (χ1) is 13.6. The number of benzene rings is 1. The molecular formula is C21H25ClN6. The van der Waals surface area contributed by atoms with E-state index < -0.39 is 0 Å². The Morgan fingerprint density at radius 3 is 2.64 bits per heavy atom. The molecule has 0 atom stereocenters. The van der Waals surface area contributed by atoms with Crippen molar-refractivity contribution in [2.24, 2.45) is 0 Å². The summed E-state index contributed by atoms with van der Waals surface area (Å²) < 4.78 is 0. The van der Waals surface area contributed by atoms with Crippen molar-refractivity contribution >= 4 is 34.0 Å². The summed E-state index contributed by atoms with van der Waals surface area (Å²) in [6, 6.07) is 10.5. The van der Waals surface area contributed by atoms with Crippen molar-refractivity contribution in [3.05, 3.63) is 53.1 Å². The number of aryl methyl sites for hydroxylation is 2. The second kappa shape index (κ2) is 8.29. The number of fused-ring (bicyclic) bond motifs is 1. The Hall–Kier alpha value is -2.44. The van der Waals surface area contributed by atoms with E-state index in [1.807, 2.05) is 19.2 Å². The summed E-state index contributed by atoms with van der Waals surface area (Å²) in [6.45, 7) is 9.88.